The summed E-state index contributed by atoms with van der Waals surface area (Å²) in [4.78, 5) is 0. The first kappa shape index (κ1) is 21.7. The van der Waals surface area contributed by atoms with Gasteiger partial charge in [0.1, 0.15) is 0 Å². The maximum absolute atomic E-state index is 6.56. The van der Waals surface area contributed by atoms with E-state index in [1.165, 1.54) is 32.1 Å². The highest BCUT2D eigenvalue weighted by Gasteiger charge is 2.43. The number of hydrogen-bond acceptors (Lipinski definition) is 1. The molecule has 0 bridgehead atoms. The Morgan fingerprint density at radius 3 is 2.09 bits per heavy atom. The molecule has 1 nitrogen and oxygen atoms in total. The lowest BCUT2D eigenvalue weighted by atomic mass is 9.69. The van der Waals surface area contributed by atoms with E-state index in [1.54, 1.807) is 0 Å². The Balaban J connectivity index is 4.67. The first-order valence-corrected chi connectivity index (χ1v) is 9.17. The van der Waals surface area contributed by atoms with Gasteiger partial charge in [0.25, 0.3) is 0 Å². The lowest BCUT2D eigenvalue weighted by molar-refractivity contribution is -0.194. The van der Waals surface area contributed by atoms with Crippen molar-refractivity contribution in [1.82, 2.24) is 0 Å². The average Bonchev–Trinajstić information content (AvgIpc) is 2.40. The molecule has 0 fully saturated rings. The number of ether oxygens (including phenoxy) is 1. The molecular formula is C21H41O-. The molecule has 22 heavy (non-hydrogen) atoms. The largest absolute Gasteiger partial charge is 0.372 e. The maximum atomic E-state index is 6.56. The van der Waals surface area contributed by atoms with Crippen LogP contribution in [-0.4, -0.2) is 11.2 Å². The van der Waals surface area contributed by atoms with Crippen molar-refractivity contribution in [2.45, 2.75) is 105 Å². The third-order valence-electron chi connectivity index (χ3n) is 5.77. The van der Waals surface area contributed by atoms with Crippen LogP contribution in [0.5, 0.6) is 0 Å². The lowest BCUT2D eigenvalue weighted by Gasteiger charge is -2.50. The Labute approximate surface area is 140 Å². The van der Waals surface area contributed by atoms with E-state index in [0.717, 1.165) is 6.42 Å². The third kappa shape index (κ3) is 6.44. The maximum Gasteiger partial charge on any atom is 0.0685 e. The summed E-state index contributed by atoms with van der Waals surface area (Å²) in [5.41, 5.74) is -0.119. The van der Waals surface area contributed by atoms with Crippen LogP contribution in [0, 0.1) is 18.3 Å². The SMILES string of the molecule is [CH2-]C(C)C(C)(C)OC(C)(C)C(C)(CC)CCCCC/C=C/C. The molecule has 0 N–H and O–H groups in total. The van der Waals surface area contributed by atoms with E-state index in [1.807, 2.05) is 0 Å². The summed E-state index contributed by atoms with van der Waals surface area (Å²) in [5, 5.41) is 0. The highest BCUT2D eigenvalue weighted by atomic mass is 16.5. The molecule has 0 amide bonds. The van der Waals surface area contributed by atoms with E-state index < -0.39 is 0 Å². The average molecular weight is 310 g/mol. The van der Waals surface area contributed by atoms with Gasteiger partial charge in [-0.15, -0.1) is 5.92 Å². The molecule has 1 heteroatoms. The van der Waals surface area contributed by atoms with Crippen molar-refractivity contribution in [3.05, 3.63) is 19.1 Å². The number of rotatable bonds is 11. The van der Waals surface area contributed by atoms with Crippen molar-refractivity contribution >= 4 is 0 Å². The van der Waals surface area contributed by atoms with Gasteiger partial charge in [-0.1, -0.05) is 45.8 Å². The van der Waals surface area contributed by atoms with Gasteiger partial charge in [0.05, 0.1) is 5.60 Å². The predicted octanol–water partition coefficient (Wildman–Crippen LogP) is 6.97. The smallest absolute Gasteiger partial charge is 0.0685 e. The summed E-state index contributed by atoms with van der Waals surface area (Å²) < 4.78 is 6.56. The van der Waals surface area contributed by atoms with E-state index in [4.69, 9.17) is 4.74 Å². The molecule has 132 valence electrons. The monoisotopic (exact) mass is 309 g/mol. The molecule has 0 aromatic heterocycles. The first-order valence-electron chi connectivity index (χ1n) is 9.17. The lowest BCUT2D eigenvalue weighted by Crippen LogP contribution is -2.50. The van der Waals surface area contributed by atoms with Crippen LogP contribution in [-0.2, 0) is 4.74 Å². The van der Waals surface area contributed by atoms with Crippen LogP contribution < -0.4 is 0 Å². The van der Waals surface area contributed by atoms with Crippen LogP contribution >= 0.6 is 0 Å². The number of allylic oxidation sites excluding steroid dienone is 2. The summed E-state index contributed by atoms with van der Waals surface area (Å²) in [5.74, 6) is 0.272. The molecule has 0 heterocycles. The molecule has 0 radical (unpaired) electrons. The van der Waals surface area contributed by atoms with Crippen molar-refractivity contribution < 1.29 is 4.74 Å². The van der Waals surface area contributed by atoms with Gasteiger partial charge in [-0.3, -0.25) is 0 Å². The van der Waals surface area contributed by atoms with Crippen LogP contribution in [0.4, 0.5) is 0 Å². The zero-order valence-electron chi connectivity index (χ0n) is 16.6. The molecule has 0 aliphatic carbocycles. The number of hydrogen-bond donors (Lipinski definition) is 0. The van der Waals surface area contributed by atoms with E-state index in [9.17, 15) is 0 Å². The van der Waals surface area contributed by atoms with Crippen molar-refractivity contribution in [3.63, 3.8) is 0 Å². The van der Waals surface area contributed by atoms with Gasteiger partial charge in [-0.05, 0) is 65.7 Å². The molecule has 0 rings (SSSR count). The summed E-state index contributed by atoms with van der Waals surface area (Å²) in [6, 6.07) is 0. The minimum absolute atomic E-state index is 0.138. The van der Waals surface area contributed by atoms with Gasteiger partial charge in [0.15, 0.2) is 0 Å². The van der Waals surface area contributed by atoms with E-state index in [2.05, 4.69) is 74.5 Å². The van der Waals surface area contributed by atoms with E-state index in [0.29, 0.717) is 0 Å². The molecule has 0 saturated heterocycles. The fraction of sp³-hybridized carbons (Fsp3) is 0.857. The van der Waals surface area contributed by atoms with E-state index in [-0.39, 0.29) is 22.5 Å². The first-order chi connectivity index (χ1) is 10.0. The second-order valence-electron chi connectivity index (χ2n) is 8.20. The van der Waals surface area contributed by atoms with Gasteiger partial charge in [-0.25, -0.2) is 0 Å². The molecular weight excluding hydrogens is 268 g/mol. The van der Waals surface area contributed by atoms with Gasteiger partial charge in [0, 0.05) is 5.60 Å². The molecule has 0 saturated carbocycles. The van der Waals surface area contributed by atoms with Gasteiger partial charge < -0.3 is 11.7 Å². The Hall–Kier alpha value is -0.300. The number of unbranched alkanes of at least 4 members (excludes halogenated alkanes) is 3. The molecule has 2 unspecified atom stereocenters. The van der Waals surface area contributed by atoms with Crippen molar-refractivity contribution in [3.8, 4) is 0 Å². The normalized spacial score (nSPS) is 17.7. The fourth-order valence-electron chi connectivity index (χ4n) is 2.91. The van der Waals surface area contributed by atoms with Gasteiger partial charge in [-0.2, -0.15) is 0 Å². The topological polar surface area (TPSA) is 9.23 Å². The Morgan fingerprint density at radius 2 is 1.64 bits per heavy atom. The van der Waals surface area contributed by atoms with E-state index >= 15 is 0 Å². The summed E-state index contributed by atoms with van der Waals surface area (Å²) in [6.45, 7) is 22.0. The second kappa shape index (κ2) is 9.11. The third-order valence-corrected chi connectivity index (χ3v) is 5.77. The summed E-state index contributed by atoms with van der Waals surface area (Å²) in [7, 11) is 0. The van der Waals surface area contributed by atoms with Crippen LogP contribution in [0.25, 0.3) is 0 Å². The summed E-state index contributed by atoms with van der Waals surface area (Å²) >= 11 is 0. The van der Waals surface area contributed by atoms with Crippen LogP contribution in [0.3, 0.4) is 0 Å². The molecule has 0 aliphatic heterocycles. The van der Waals surface area contributed by atoms with Crippen molar-refractivity contribution in [2.24, 2.45) is 11.3 Å². The predicted molar refractivity (Wildman–Crippen MR) is 100 cm³/mol. The Kier molecular flexibility index (Phi) is 8.98. The van der Waals surface area contributed by atoms with Crippen LogP contribution in [0.15, 0.2) is 12.2 Å². The molecule has 2 atom stereocenters. The Morgan fingerprint density at radius 1 is 1.05 bits per heavy atom. The highest BCUT2D eigenvalue weighted by molar-refractivity contribution is 4.94. The highest BCUT2D eigenvalue weighted by Crippen LogP contribution is 2.44. The molecule has 0 aliphatic rings. The molecule has 0 spiro atoms. The quantitative estimate of drug-likeness (QED) is 0.227. The summed E-state index contributed by atoms with van der Waals surface area (Å²) in [6.07, 6.45) is 11.9. The van der Waals surface area contributed by atoms with Gasteiger partial charge in [0.2, 0.25) is 0 Å². The van der Waals surface area contributed by atoms with Gasteiger partial charge >= 0.3 is 0 Å². The second-order valence-corrected chi connectivity index (χ2v) is 8.20. The fourth-order valence-corrected chi connectivity index (χ4v) is 2.91. The zero-order chi connectivity index (χ0) is 17.4. The van der Waals surface area contributed by atoms with Crippen molar-refractivity contribution in [1.29, 1.82) is 0 Å². The zero-order valence-corrected chi connectivity index (χ0v) is 16.6. The minimum Gasteiger partial charge on any atom is -0.372 e. The van der Waals surface area contributed by atoms with Crippen LogP contribution in [0.1, 0.15) is 93.9 Å². The van der Waals surface area contributed by atoms with Crippen LogP contribution in [0.2, 0.25) is 0 Å². The van der Waals surface area contributed by atoms with Crippen molar-refractivity contribution in [2.75, 3.05) is 0 Å². The molecule has 0 aromatic carbocycles. The molecule has 0 aromatic rings. The minimum atomic E-state index is -0.189. The standard InChI is InChI=1S/C21H41O/c1-10-12-13-14-15-16-17-21(9,11-2)20(7,8)22-19(5,6)18(3)4/h10,12,18H,3,11,13-17H2,1-2,4-9H3/q-1/b12-10+. The Bertz CT molecular complexity index is 325.